The lowest BCUT2D eigenvalue weighted by atomic mass is 10.1. The highest BCUT2D eigenvalue weighted by Crippen LogP contribution is 2.21. The summed E-state index contributed by atoms with van der Waals surface area (Å²) in [6, 6.07) is 22.5. The van der Waals surface area contributed by atoms with Gasteiger partial charge in [-0.2, -0.15) is 0 Å². The minimum Gasteiger partial charge on any atom is -0.365 e. The summed E-state index contributed by atoms with van der Waals surface area (Å²) in [6.07, 6.45) is 5.36. The summed E-state index contributed by atoms with van der Waals surface area (Å²) in [6.45, 7) is 0.740. The molecule has 4 rings (SSSR count). The van der Waals surface area contributed by atoms with Gasteiger partial charge in [0.2, 0.25) is 0 Å². The summed E-state index contributed by atoms with van der Waals surface area (Å²) in [4.78, 5) is 13.7. The van der Waals surface area contributed by atoms with Gasteiger partial charge in [0.15, 0.2) is 0 Å². The van der Waals surface area contributed by atoms with Crippen molar-refractivity contribution in [3.63, 3.8) is 0 Å². The van der Waals surface area contributed by atoms with Gasteiger partial charge < -0.3 is 5.32 Å². The van der Waals surface area contributed by atoms with Crippen LogP contribution in [0.15, 0.2) is 79.1 Å². The van der Waals surface area contributed by atoms with E-state index >= 15 is 0 Å². The minimum atomic E-state index is 0.740. The van der Waals surface area contributed by atoms with Crippen LogP contribution in [-0.4, -0.2) is 15.0 Å². The van der Waals surface area contributed by atoms with E-state index in [0.29, 0.717) is 0 Å². The Bertz CT molecular complexity index is 985. The minimum absolute atomic E-state index is 0.740. The molecular weight excluding hydrogens is 320 g/mol. The average molecular weight is 340 g/mol. The Kier molecular flexibility index (Phi) is 4.83. The number of fused-ring (bicyclic) bond motifs is 1. The van der Waals surface area contributed by atoms with Crippen molar-refractivity contribution >= 4 is 16.7 Å². The van der Waals surface area contributed by atoms with E-state index in [-0.39, 0.29) is 0 Å². The molecule has 0 aliphatic heterocycles. The van der Waals surface area contributed by atoms with Gasteiger partial charge in [-0.3, -0.25) is 4.98 Å². The van der Waals surface area contributed by atoms with Crippen molar-refractivity contribution in [2.75, 3.05) is 5.32 Å². The molecule has 1 N–H and O–H groups in total. The first-order chi connectivity index (χ1) is 12.9. The first-order valence-corrected chi connectivity index (χ1v) is 8.81. The molecule has 4 nitrogen and oxygen atoms in total. The van der Waals surface area contributed by atoms with Crippen LogP contribution >= 0.6 is 0 Å². The second kappa shape index (κ2) is 7.74. The number of aromatic nitrogens is 3. The quantitative estimate of drug-likeness (QED) is 0.564. The van der Waals surface area contributed by atoms with Crippen molar-refractivity contribution in [1.29, 1.82) is 0 Å². The molecule has 0 spiro atoms. The number of nitrogens with zero attached hydrogens (tertiary/aromatic N) is 3. The molecule has 2 heterocycles. The van der Waals surface area contributed by atoms with Crippen LogP contribution in [0.3, 0.4) is 0 Å². The molecule has 4 aromatic rings. The molecule has 0 atom stereocenters. The average Bonchev–Trinajstić information content (AvgIpc) is 2.72. The van der Waals surface area contributed by atoms with Crippen LogP contribution in [-0.2, 0) is 19.4 Å². The molecule has 0 aliphatic rings. The zero-order chi connectivity index (χ0) is 17.6. The van der Waals surface area contributed by atoms with E-state index in [4.69, 9.17) is 9.97 Å². The predicted molar refractivity (Wildman–Crippen MR) is 105 cm³/mol. The lowest BCUT2D eigenvalue weighted by Gasteiger charge is -2.11. The van der Waals surface area contributed by atoms with Crippen LogP contribution in [0.25, 0.3) is 10.9 Å². The number of para-hydroxylation sites is 1. The van der Waals surface area contributed by atoms with Crippen LogP contribution in [0, 0.1) is 0 Å². The van der Waals surface area contributed by atoms with Crippen LogP contribution in [0.2, 0.25) is 0 Å². The van der Waals surface area contributed by atoms with Gasteiger partial charge in [0.1, 0.15) is 11.6 Å². The first-order valence-electron chi connectivity index (χ1n) is 8.81. The third-order valence-electron chi connectivity index (χ3n) is 4.31. The summed E-state index contributed by atoms with van der Waals surface area (Å²) in [7, 11) is 0. The summed E-state index contributed by atoms with van der Waals surface area (Å²) in [5, 5.41) is 4.53. The van der Waals surface area contributed by atoms with E-state index in [2.05, 4.69) is 46.7 Å². The Morgan fingerprint density at radius 2 is 1.54 bits per heavy atom. The van der Waals surface area contributed by atoms with Gasteiger partial charge in [0.05, 0.1) is 5.52 Å². The molecular formula is C22H20N4. The van der Waals surface area contributed by atoms with Crippen LogP contribution in [0.4, 0.5) is 5.82 Å². The number of nitrogens with one attached hydrogen (secondary N) is 1. The largest absolute Gasteiger partial charge is 0.365 e. The predicted octanol–water partition coefficient (Wildman–Crippen LogP) is 4.42. The molecule has 2 aromatic carbocycles. The van der Waals surface area contributed by atoms with Crippen molar-refractivity contribution in [2.24, 2.45) is 0 Å². The van der Waals surface area contributed by atoms with Crippen LogP contribution in [0.5, 0.6) is 0 Å². The maximum absolute atomic E-state index is 4.79. The number of anilines is 1. The van der Waals surface area contributed by atoms with Crippen molar-refractivity contribution < 1.29 is 0 Å². The number of benzene rings is 2. The molecule has 0 bridgehead atoms. The summed E-state index contributed by atoms with van der Waals surface area (Å²) in [5.41, 5.74) is 3.40. The first kappa shape index (κ1) is 16.2. The molecule has 26 heavy (non-hydrogen) atoms. The van der Waals surface area contributed by atoms with Crippen molar-refractivity contribution in [2.45, 2.75) is 19.4 Å². The highest BCUT2D eigenvalue weighted by atomic mass is 15.0. The number of hydrogen-bond donors (Lipinski definition) is 1. The van der Waals surface area contributed by atoms with E-state index in [1.165, 1.54) is 11.1 Å². The van der Waals surface area contributed by atoms with Gasteiger partial charge >= 0.3 is 0 Å². The zero-order valence-electron chi connectivity index (χ0n) is 14.5. The molecule has 128 valence electrons. The fraction of sp³-hybridized carbons (Fsp3) is 0.136. The number of pyridine rings is 1. The second-order valence-electron chi connectivity index (χ2n) is 6.21. The van der Waals surface area contributed by atoms with Gasteiger partial charge in [-0.15, -0.1) is 0 Å². The van der Waals surface area contributed by atoms with E-state index in [0.717, 1.165) is 41.9 Å². The lowest BCUT2D eigenvalue weighted by Crippen LogP contribution is -2.06. The molecule has 0 fully saturated rings. The lowest BCUT2D eigenvalue weighted by molar-refractivity contribution is 0.864. The Labute approximate surface area is 153 Å². The third-order valence-corrected chi connectivity index (χ3v) is 4.31. The fourth-order valence-electron chi connectivity index (χ4n) is 2.96. The SMILES string of the molecule is c1ccc(CNc2nc(CCc3cccnc3)nc3ccccc23)cc1. The molecule has 0 aliphatic carbocycles. The van der Waals surface area contributed by atoms with E-state index < -0.39 is 0 Å². The van der Waals surface area contributed by atoms with Gasteiger partial charge in [0.25, 0.3) is 0 Å². The Balaban J connectivity index is 1.58. The monoisotopic (exact) mass is 340 g/mol. The topological polar surface area (TPSA) is 50.7 Å². The van der Waals surface area contributed by atoms with Gasteiger partial charge in [-0.05, 0) is 35.7 Å². The molecule has 2 aromatic heterocycles. The Morgan fingerprint density at radius 1 is 0.731 bits per heavy atom. The maximum atomic E-state index is 4.79. The number of aryl methyl sites for hydroxylation is 2. The van der Waals surface area contributed by atoms with E-state index in [1.54, 1.807) is 6.20 Å². The second-order valence-corrected chi connectivity index (χ2v) is 6.21. The van der Waals surface area contributed by atoms with Crippen LogP contribution < -0.4 is 5.32 Å². The van der Waals surface area contributed by atoms with Gasteiger partial charge in [0, 0.05) is 30.7 Å². The zero-order valence-corrected chi connectivity index (χ0v) is 14.5. The summed E-state index contributed by atoms with van der Waals surface area (Å²) >= 11 is 0. The molecule has 4 heteroatoms. The van der Waals surface area contributed by atoms with Gasteiger partial charge in [-0.25, -0.2) is 9.97 Å². The summed E-state index contributed by atoms with van der Waals surface area (Å²) < 4.78 is 0. The third kappa shape index (κ3) is 3.86. The highest BCUT2D eigenvalue weighted by Gasteiger charge is 2.08. The van der Waals surface area contributed by atoms with Crippen molar-refractivity contribution in [3.05, 3.63) is 96.1 Å². The molecule has 0 amide bonds. The number of rotatable bonds is 6. The van der Waals surface area contributed by atoms with Crippen molar-refractivity contribution in [3.8, 4) is 0 Å². The molecule has 0 radical (unpaired) electrons. The Morgan fingerprint density at radius 3 is 2.38 bits per heavy atom. The van der Waals surface area contributed by atoms with Crippen molar-refractivity contribution in [1.82, 2.24) is 15.0 Å². The van der Waals surface area contributed by atoms with E-state index in [9.17, 15) is 0 Å². The fourth-order valence-corrected chi connectivity index (χ4v) is 2.96. The van der Waals surface area contributed by atoms with E-state index in [1.807, 2.05) is 36.5 Å². The maximum Gasteiger partial charge on any atom is 0.137 e. The Hall–Kier alpha value is -3.27. The standard InChI is InChI=1S/C22H20N4/c1-2-7-17(8-3-1)16-24-22-19-10-4-5-11-20(19)25-21(26-22)13-12-18-9-6-14-23-15-18/h1-11,14-15H,12-13,16H2,(H,24,25,26). The molecule has 0 unspecified atom stereocenters. The highest BCUT2D eigenvalue weighted by molar-refractivity contribution is 5.88. The molecule has 0 saturated carbocycles. The van der Waals surface area contributed by atoms with Gasteiger partial charge in [-0.1, -0.05) is 48.5 Å². The number of hydrogen-bond acceptors (Lipinski definition) is 4. The normalized spacial score (nSPS) is 10.8. The van der Waals surface area contributed by atoms with Crippen LogP contribution in [0.1, 0.15) is 17.0 Å². The molecule has 0 saturated heterocycles. The summed E-state index contributed by atoms with van der Waals surface area (Å²) in [5.74, 6) is 1.74. The smallest absolute Gasteiger partial charge is 0.137 e.